The van der Waals surface area contributed by atoms with Crippen LogP contribution in [0.2, 0.25) is 0 Å². The molecule has 18 heavy (non-hydrogen) atoms. The number of hydrogen-bond acceptors (Lipinski definition) is 3. The van der Waals surface area contributed by atoms with Gasteiger partial charge in [-0.25, -0.2) is 0 Å². The second kappa shape index (κ2) is 7.06. The number of rotatable bonds is 6. The summed E-state index contributed by atoms with van der Waals surface area (Å²) >= 11 is 1.22. The molecule has 1 atom stereocenters. The van der Waals surface area contributed by atoms with Crippen LogP contribution < -0.4 is 11.1 Å². The molecule has 5 heteroatoms. The predicted molar refractivity (Wildman–Crippen MR) is 74.3 cm³/mol. The maximum atomic E-state index is 11.6. The second-order valence-corrected chi connectivity index (χ2v) is 5.14. The van der Waals surface area contributed by atoms with Gasteiger partial charge in [0, 0.05) is 0 Å². The molecule has 3 N–H and O–H groups in total. The van der Waals surface area contributed by atoms with Gasteiger partial charge in [-0.3, -0.25) is 9.59 Å². The number of benzene rings is 1. The summed E-state index contributed by atoms with van der Waals surface area (Å²) in [5, 5.41) is 2.88. The quantitative estimate of drug-likeness (QED) is 0.817. The molecule has 2 amide bonds. The van der Waals surface area contributed by atoms with Crippen molar-refractivity contribution in [1.29, 1.82) is 0 Å². The first-order valence-corrected chi connectivity index (χ1v) is 6.86. The van der Waals surface area contributed by atoms with Gasteiger partial charge in [-0.05, 0) is 19.4 Å². The van der Waals surface area contributed by atoms with Crippen molar-refractivity contribution in [3.05, 3.63) is 35.4 Å². The van der Waals surface area contributed by atoms with E-state index >= 15 is 0 Å². The number of carbonyl (C=O) groups excluding carboxylic acids is 2. The molecule has 0 aromatic heterocycles. The number of aryl methyl sites for hydroxylation is 1. The SMILES string of the molecule is Cc1ccc([C@@H](C)NC(=O)CSCC(N)=O)cc1. The maximum Gasteiger partial charge on any atom is 0.230 e. The fourth-order valence-corrected chi connectivity index (χ4v) is 2.04. The zero-order valence-electron chi connectivity index (χ0n) is 10.6. The summed E-state index contributed by atoms with van der Waals surface area (Å²) in [6.07, 6.45) is 0. The van der Waals surface area contributed by atoms with Crippen LogP contribution in [-0.2, 0) is 9.59 Å². The van der Waals surface area contributed by atoms with E-state index in [1.165, 1.54) is 17.3 Å². The third-order valence-electron chi connectivity index (χ3n) is 2.43. The number of primary amides is 1. The van der Waals surface area contributed by atoms with E-state index in [1.54, 1.807) is 0 Å². The number of nitrogens with one attached hydrogen (secondary N) is 1. The lowest BCUT2D eigenvalue weighted by atomic mass is 10.1. The van der Waals surface area contributed by atoms with Crippen molar-refractivity contribution in [2.24, 2.45) is 5.73 Å². The largest absolute Gasteiger partial charge is 0.369 e. The van der Waals surface area contributed by atoms with Crippen LogP contribution in [0.1, 0.15) is 24.1 Å². The van der Waals surface area contributed by atoms with Crippen molar-refractivity contribution in [3.63, 3.8) is 0 Å². The molecule has 0 aliphatic rings. The minimum Gasteiger partial charge on any atom is -0.369 e. The Morgan fingerprint density at radius 2 is 1.89 bits per heavy atom. The number of hydrogen-bond donors (Lipinski definition) is 2. The zero-order valence-corrected chi connectivity index (χ0v) is 11.4. The predicted octanol–water partition coefficient (Wildman–Crippen LogP) is 1.39. The second-order valence-electron chi connectivity index (χ2n) is 4.16. The smallest absolute Gasteiger partial charge is 0.230 e. The first kappa shape index (κ1) is 14.6. The van der Waals surface area contributed by atoms with Crippen molar-refractivity contribution in [3.8, 4) is 0 Å². The van der Waals surface area contributed by atoms with Crippen LogP contribution in [-0.4, -0.2) is 23.3 Å². The van der Waals surface area contributed by atoms with Crippen molar-refractivity contribution >= 4 is 23.6 Å². The minimum absolute atomic E-state index is 0.0349. The van der Waals surface area contributed by atoms with E-state index in [0.29, 0.717) is 0 Å². The van der Waals surface area contributed by atoms with Crippen molar-refractivity contribution < 1.29 is 9.59 Å². The van der Waals surface area contributed by atoms with Crippen LogP contribution in [0, 0.1) is 6.92 Å². The molecule has 98 valence electrons. The fourth-order valence-electron chi connectivity index (χ4n) is 1.47. The Morgan fingerprint density at radius 1 is 1.28 bits per heavy atom. The van der Waals surface area contributed by atoms with Crippen LogP contribution in [0.3, 0.4) is 0 Å². The summed E-state index contributed by atoms with van der Waals surface area (Å²) in [6, 6.07) is 7.99. The molecule has 0 spiro atoms. The van der Waals surface area contributed by atoms with Crippen molar-refractivity contribution in [2.45, 2.75) is 19.9 Å². The average molecular weight is 266 g/mol. The molecule has 0 fully saturated rings. The lowest BCUT2D eigenvalue weighted by molar-refractivity contribution is -0.119. The highest BCUT2D eigenvalue weighted by Gasteiger charge is 2.09. The maximum absolute atomic E-state index is 11.6. The molecule has 0 aliphatic heterocycles. The van der Waals surface area contributed by atoms with Gasteiger partial charge in [0.2, 0.25) is 11.8 Å². The average Bonchev–Trinajstić information content (AvgIpc) is 2.29. The summed E-state index contributed by atoms with van der Waals surface area (Å²) < 4.78 is 0. The lowest BCUT2D eigenvalue weighted by Gasteiger charge is -2.14. The minimum atomic E-state index is -0.403. The van der Waals surface area contributed by atoms with E-state index < -0.39 is 5.91 Å². The van der Waals surface area contributed by atoms with Gasteiger partial charge in [0.25, 0.3) is 0 Å². The molecule has 1 aromatic carbocycles. The first-order chi connectivity index (χ1) is 8.49. The highest BCUT2D eigenvalue weighted by atomic mass is 32.2. The Labute approximate surface area is 111 Å². The topological polar surface area (TPSA) is 72.2 Å². The standard InChI is InChI=1S/C13H18N2O2S/c1-9-3-5-11(6-4-9)10(2)15-13(17)8-18-7-12(14)16/h3-6,10H,7-8H2,1-2H3,(H2,14,16)(H,15,17)/t10-/m1/s1. The van der Waals surface area contributed by atoms with E-state index in [9.17, 15) is 9.59 Å². The molecule has 0 bridgehead atoms. The molecule has 0 heterocycles. The normalized spacial score (nSPS) is 11.9. The number of thioether (sulfide) groups is 1. The molecule has 1 rings (SSSR count). The van der Waals surface area contributed by atoms with Crippen molar-refractivity contribution in [1.82, 2.24) is 5.32 Å². The van der Waals surface area contributed by atoms with Crippen LogP contribution in [0.4, 0.5) is 0 Å². The van der Waals surface area contributed by atoms with Gasteiger partial charge in [-0.1, -0.05) is 29.8 Å². The van der Waals surface area contributed by atoms with Crippen LogP contribution >= 0.6 is 11.8 Å². The monoisotopic (exact) mass is 266 g/mol. The molecule has 0 saturated heterocycles. The van der Waals surface area contributed by atoms with Gasteiger partial charge in [0.1, 0.15) is 0 Å². The van der Waals surface area contributed by atoms with Gasteiger partial charge in [-0.15, -0.1) is 11.8 Å². The summed E-state index contributed by atoms with van der Waals surface area (Å²) in [4.78, 5) is 22.1. The first-order valence-electron chi connectivity index (χ1n) is 5.71. The van der Waals surface area contributed by atoms with Crippen LogP contribution in [0.15, 0.2) is 24.3 Å². The third-order valence-corrected chi connectivity index (χ3v) is 3.39. The van der Waals surface area contributed by atoms with Gasteiger partial charge in [0.05, 0.1) is 17.5 Å². The summed E-state index contributed by atoms with van der Waals surface area (Å²) in [7, 11) is 0. The molecule has 0 saturated carbocycles. The third kappa shape index (κ3) is 5.23. The Hall–Kier alpha value is -1.49. The van der Waals surface area contributed by atoms with E-state index in [0.717, 1.165) is 5.56 Å². The summed E-state index contributed by atoms with van der Waals surface area (Å²) in [6.45, 7) is 3.95. The summed E-state index contributed by atoms with van der Waals surface area (Å²) in [5.74, 6) is -0.0698. The Morgan fingerprint density at radius 3 is 2.44 bits per heavy atom. The van der Waals surface area contributed by atoms with Gasteiger partial charge in [-0.2, -0.15) is 0 Å². The fraction of sp³-hybridized carbons (Fsp3) is 0.385. The van der Waals surface area contributed by atoms with Gasteiger partial charge in [0.15, 0.2) is 0 Å². The van der Waals surface area contributed by atoms with E-state index in [1.807, 2.05) is 38.1 Å². The Bertz CT molecular complexity index is 418. The molecule has 0 unspecified atom stereocenters. The highest BCUT2D eigenvalue weighted by molar-refractivity contribution is 8.00. The lowest BCUT2D eigenvalue weighted by Crippen LogP contribution is -2.28. The molecular formula is C13H18N2O2S. The van der Waals surface area contributed by atoms with Crippen molar-refractivity contribution in [2.75, 3.05) is 11.5 Å². The molecule has 0 aliphatic carbocycles. The van der Waals surface area contributed by atoms with Crippen LogP contribution in [0.25, 0.3) is 0 Å². The molecule has 1 aromatic rings. The van der Waals surface area contributed by atoms with E-state index in [2.05, 4.69) is 5.32 Å². The molecule has 4 nitrogen and oxygen atoms in total. The van der Waals surface area contributed by atoms with E-state index in [4.69, 9.17) is 5.73 Å². The number of carbonyl (C=O) groups is 2. The number of amides is 2. The van der Waals surface area contributed by atoms with Gasteiger partial charge < -0.3 is 11.1 Å². The van der Waals surface area contributed by atoms with Crippen LogP contribution in [0.5, 0.6) is 0 Å². The Balaban J connectivity index is 2.39. The Kier molecular flexibility index (Phi) is 5.71. The molecular weight excluding hydrogens is 248 g/mol. The highest BCUT2D eigenvalue weighted by Crippen LogP contribution is 2.13. The molecule has 0 radical (unpaired) electrons. The zero-order chi connectivity index (χ0) is 13.5. The van der Waals surface area contributed by atoms with Gasteiger partial charge >= 0.3 is 0 Å². The van der Waals surface area contributed by atoms with E-state index in [-0.39, 0.29) is 23.5 Å². The summed E-state index contributed by atoms with van der Waals surface area (Å²) in [5.41, 5.74) is 7.25. The number of nitrogens with two attached hydrogens (primary N) is 1.